The number of carbonyl (C=O) groups excluding carboxylic acids is 1. The first-order valence-electron chi connectivity index (χ1n) is 6.68. The number of amides is 1. The molecule has 3 nitrogen and oxygen atoms in total. The van der Waals surface area contributed by atoms with Crippen molar-refractivity contribution < 1.29 is 4.79 Å². The summed E-state index contributed by atoms with van der Waals surface area (Å²) in [5.74, 6) is 0.00204. The second-order valence-corrected chi connectivity index (χ2v) is 7.29. The Kier molecular flexibility index (Phi) is 4.23. The summed E-state index contributed by atoms with van der Waals surface area (Å²) in [5.41, 5.74) is 6.22. The molecule has 1 aliphatic carbocycles. The Labute approximate surface area is 106 Å². The van der Waals surface area contributed by atoms with Crippen LogP contribution in [0.25, 0.3) is 0 Å². The van der Waals surface area contributed by atoms with Gasteiger partial charge in [0.05, 0.1) is 6.04 Å². The summed E-state index contributed by atoms with van der Waals surface area (Å²) in [6.45, 7) is 10.6. The molecule has 0 heterocycles. The van der Waals surface area contributed by atoms with E-state index in [4.69, 9.17) is 5.73 Å². The fourth-order valence-electron chi connectivity index (χ4n) is 2.23. The monoisotopic (exact) mass is 240 g/mol. The van der Waals surface area contributed by atoms with Crippen LogP contribution < -0.4 is 11.1 Å². The van der Waals surface area contributed by atoms with Crippen LogP contribution in [-0.2, 0) is 4.79 Å². The minimum atomic E-state index is -0.419. The Morgan fingerprint density at radius 2 is 1.76 bits per heavy atom. The summed E-state index contributed by atoms with van der Waals surface area (Å²) in [4.78, 5) is 12.0. The van der Waals surface area contributed by atoms with Crippen LogP contribution in [0.1, 0.15) is 60.3 Å². The largest absolute Gasteiger partial charge is 0.352 e. The van der Waals surface area contributed by atoms with Crippen molar-refractivity contribution in [1.82, 2.24) is 5.32 Å². The van der Waals surface area contributed by atoms with Crippen molar-refractivity contribution in [2.45, 2.75) is 72.4 Å². The highest BCUT2D eigenvalue weighted by Crippen LogP contribution is 2.35. The van der Waals surface area contributed by atoms with Crippen LogP contribution in [0.4, 0.5) is 0 Å². The fourth-order valence-corrected chi connectivity index (χ4v) is 2.23. The summed E-state index contributed by atoms with van der Waals surface area (Å²) in [6, 6.07) is -0.0960. The molecule has 0 aromatic rings. The van der Waals surface area contributed by atoms with Gasteiger partial charge in [-0.05, 0) is 36.5 Å². The van der Waals surface area contributed by atoms with Crippen LogP contribution in [0.3, 0.4) is 0 Å². The molecule has 3 heteroatoms. The smallest absolute Gasteiger partial charge is 0.237 e. The van der Waals surface area contributed by atoms with Gasteiger partial charge in [-0.3, -0.25) is 4.79 Å². The molecule has 0 unspecified atom stereocenters. The lowest BCUT2D eigenvalue weighted by molar-refractivity contribution is -0.125. The van der Waals surface area contributed by atoms with Crippen LogP contribution in [0.5, 0.6) is 0 Å². The molecule has 0 bridgehead atoms. The molecule has 3 N–H and O–H groups in total. The first kappa shape index (κ1) is 14.5. The Bertz CT molecular complexity index is 268. The molecule has 1 fully saturated rings. The molecule has 0 aromatic carbocycles. The Morgan fingerprint density at radius 1 is 1.29 bits per heavy atom. The maximum Gasteiger partial charge on any atom is 0.237 e. The molecule has 0 saturated heterocycles. The number of carbonyl (C=O) groups is 1. The van der Waals surface area contributed by atoms with E-state index in [2.05, 4.69) is 19.2 Å². The van der Waals surface area contributed by atoms with Crippen molar-refractivity contribution in [1.29, 1.82) is 0 Å². The van der Waals surface area contributed by atoms with Crippen molar-refractivity contribution in [2.24, 2.45) is 16.6 Å². The molecule has 0 aliphatic heterocycles. The maximum atomic E-state index is 12.0. The van der Waals surface area contributed by atoms with E-state index < -0.39 is 6.04 Å². The fraction of sp³-hybridized carbons (Fsp3) is 0.929. The first-order chi connectivity index (χ1) is 7.62. The van der Waals surface area contributed by atoms with Crippen molar-refractivity contribution in [2.75, 3.05) is 0 Å². The van der Waals surface area contributed by atoms with Crippen molar-refractivity contribution in [3.8, 4) is 0 Å². The van der Waals surface area contributed by atoms with Gasteiger partial charge in [-0.1, -0.05) is 34.6 Å². The average molecular weight is 240 g/mol. The summed E-state index contributed by atoms with van der Waals surface area (Å²) < 4.78 is 0. The van der Waals surface area contributed by atoms with Gasteiger partial charge < -0.3 is 11.1 Å². The van der Waals surface area contributed by atoms with Gasteiger partial charge in [0.2, 0.25) is 5.91 Å². The van der Waals surface area contributed by atoms with Crippen LogP contribution in [0.15, 0.2) is 0 Å². The molecule has 0 radical (unpaired) electrons. The lowest BCUT2D eigenvalue weighted by atomic mass is 9.75. The van der Waals surface area contributed by atoms with Gasteiger partial charge in [0, 0.05) is 6.04 Å². The van der Waals surface area contributed by atoms with E-state index >= 15 is 0 Å². The summed E-state index contributed by atoms with van der Waals surface area (Å²) in [7, 11) is 0. The molecule has 1 rings (SSSR count). The molecule has 0 spiro atoms. The van der Waals surface area contributed by atoms with E-state index in [0.717, 1.165) is 12.8 Å². The van der Waals surface area contributed by atoms with Crippen molar-refractivity contribution >= 4 is 5.91 Å². The van der Waals surface area contributed by atoms with Gasteiger partial charge in [-0.25, -0.2) is 0 Å². The third-order valence-corrected chi connectivity index (χ3v) is 3.90. The van der Waals surface area contributed by atoms with Crippen molar-refractivity contribution in [3.05, 3.63) is 0 Å². The van der Waals surface area contributed by atoms with Gasteiger partial charge in [-0.2, -0.15) is 0 Å². The Balaban J connectivity index is 2.43. The molecule has 1 aliphatic rings. The topological polar surface area (TPSA) is 55.1 Å². The molecular formula is C14H28N2O. The highest BCUT2D eigenvalue weighted by molar-refractivity contribution is 5.82. The minimum Gasteiger partial charge on any atom is -0.352 e. The summed E-state index contributed by atoms with van der Waals surface area (Å²) in [6.07, 6.45) is 4.52. The first-order valence-corrected chi connectivity index (χ1v) is 6.68. The highest BCUT2D eigenvalue weighted by atomic mass is 16.2. The van der Waals surface area contributed by atoms with Gasteiger partial charge in [0.15, 0.2) is 0 Å². The zero-order valence-corrected chi connectivity index (χ0v) is 12.0. The van der Waals surface area contributed by atoms with E-state index in [0.29, 0.717) is 11.5 Å². The number of hydrogen-bond donors (Lipinski definition) is 2. The average Bonchev–Trinajstić information content (AvgIpc) is 2.18. The van der Waals surface area contributed by atoms with Gasteiger partial charge in [0.1, 0.15) is 0 Å². The third kappa shape index (κ3) is 4.30. The number of rotatable bonds is 2. The lowest BCUT2D eigenvalue weighted by Gasteiger charge is -2.36. The molecule has 1 atom stereocenters. The molecule has 100 valence electrons. The van der Waals surface area contributed by atoms with E-state index in [9.17, 15) is 4.79 Å². The predicted molar refractivity (Wildman–Crippen MR) is 71.6 cm³/mol. The normalized spacial score (nSPS) is 23.2. The van der Waals surface area contributed by atoms with Gasteiger partial charge >= 0.3 is 0 Å². The second-order valence-electron chi connectivity index (χ2n) is 7.29. The standard InChI is InChI=1S/C14H28N2O/c1-13(2,3)11(15)12(17)16-10-6-8-14(4,5)9-7-10/h10-11H,6-9,15H2,1-5H3,(H,16,17)/t11-/m0/s1. The number of nitrogens with one attached hydrogen (secondary N) is 1. The zero-order valence-electron chi connectivity index (χ0n) is 12.0. The number of hydrogen-bond acceptors (Lipinski definition) is 2. The van der Waals surface area contributed by atoms with Crippen LogP contribution in [-0.4, -0.2) is 18.0 Å². The highest BCUT2D eigenvalue weighted by Gasteiger charge is 2.31. The molecule has 0 aromatic heterocycles. The maximum absolute atomic E-state index is 12.0. The van der Waals surface area contributed by atoms with E-state index in [-0.39, 0.29) is 11.3 Å². The summed E-state index contributed by atoms with van der Waals surface area (Å²) in [5, 5.41) is 3.10. The number of nitrogens with two attached hydrogens (primary N) is 1. The van der Waals surface area contributed by atoms with Crippen LogP contribution in [0, 0.1) is 10.8 Å². The zero-order chi connectivity index (χ0) is 13.3. The van der Waals surface area contributed by atoms with Gasteiger partial charge in [0.25, 0.3) is 0 Å². The van der Waals surface area contributed by atoms with Gasteiger partial charge in [-0.15, -0.1) is 0 Å². The summed E-state index contributed by atoms with van der Waals surface area (Å²) >= 11 is 0. The van der Waals surface area contributed by atoms with Crippen LogP contribution >= 0.6 is 0 Å². The molecule has 1 amide bonds. The van der Waals surface area contributed by atoms with E-state index in [1.165, 1.54) is 12.8 Å². The third-order valence-electron chi connectivity index (χ3n) is 3.90. The SMILES string of the molecule is CC1(C)CCC(NC(=O)[C@H](N)C(C)(C)C)CC1. The predicted octanol–water partition coefficient (Wildman–Crippen LogP) is 2.44. The second kappa shape index (κ2) is 4.97. The Hall–Kier alpha value is -0.570. The van der Waals surface area contributed by atoms with Crippen molar-refractivity contribution in [3.63, 3.8) is 0 Å². The Morgan fingerprint density at radius 3 is 2.18 bits per heavy atom. The van der Waals surface area contributed by atoms with Crippen LogP contribution in [0.2, 0.25) is 0 Å². The quantitative estimate of drug-likeness (QED) is 0.779. The van der Waals surface area contributed by atoms with E-state index in [1.54, 1.807) is 0 Å². The minimum absolute atomic E-state index is 0.00204. The molecule has 17 heavy (non-hydrogen) atoms. The van der Waals surface area contributed by atoms with E-state index in [1.807, 2.05) is 20.8 Å². The molecule has 1 saturated carbocycles. The molecular weight excluding hydrogens is 212 g/mol. The lowest BCUT2D eigenvalue weighted by Crippen LogP contribution is -2.52.